The van der Waals surface area contributed by atoms with Crippen molar-refractivity contribution in [3.8, 4) is 17.2 Å². The number of rotatable bonds is 5. The number of nitrogens with zero attached hydrogens (tertiary/aromatic N) is 1. The fraction of sp³-hybridized carbons (Fsp3) is 0.308. The first-order valence-electron chi connectivity index (χ1n) is 5.37. The van der Waals surface area contributed by atoms with Crippen molar-refractivity contribution in [3.05, 3.63) is 34.3 Å². The number of hydrogen-bond acceptors (Lipinski definition) is 5. The van der Waals surface area contributed by atoms with Gasteiger partial charge in [-0.3, -0.25) is 0 Å². The van der Waals surface area contributed by atoms with Gasteiger partial charge in [0.05, 0.1) is 27.0 Å². The zero-order valence-corrected chi connectivity index (χ0v) is 11.3. The first-order valence-corrected chi connectivity index (χ1v) is 6.25. The molecule has 2 rings (SSSR count). The second-order valence-electron chi connectivity index (χ2n) is 3.62. The number of hydrogen-bond donors (Lipinski definition) is 0. The fourth-order valence-corrected chi connectivity index (χ4v) is 2.21. The number of methoxy groups -OCH3 is 3. The third kappa shape index (κ3) is 2.56. The van der Waals surface area contributed by atoms with E-state index in [2.05, 4.69) is 10.5 Å². The van der Waals surface area contributed by atoms with Gasteiger partial charge < -0.3 is 14.2 Å². The minimum Gasteiger partial charge on any atom is -0.496 e. The van der Waals surface area contributed by atoms with E-state index < -0.39 is 0 Å². The summed E-state index contributed by atoms with van der Waals surface area (Å²) in [7, 11) is 4.87. The molecule has 0 unspecified atom stereocenters. The molecule has 0 saturated carbocycles. The van der Waals surface area contributed by atoms with Crippen molar-refractivity contribution in [2.75, 3.05) is 21.3 Å². The monoisotopic (exact) mass is 264 g/mol. The second kappa shape index (κ2) is 5.73. The van der Waals surface area contributed by atoms with Crippen molar-refractivity contribution in [1.29, 1.82) is 0 Å². The van der Waals surface area contributed by atoms with E-state index in [9.17, 15) is 0 Å². The van der Waals surface area contributed by atoms with Crippen molar-refractivity contribution < 1.29 is 14.2 Å². The standard InChI is InChI=1S/C13H14NO3S/c1-15-10-5-12(16-2)11(13(6-10)17-3)4-9-7-18-8-14-9/h5-7H,4H2,1-3H3. The quantitative estimate of drug-likeness (QED) is 0.832. The molecule has 1 heterocycles. The summed E-state index contributed by atoms with van der Waals surface area (Å²) in [6.07, 6.45) is 0.649. The first kappa shape index (κ1) is 12.7. The summed E-state index contributed by atoms with van der Waals surface area (Å²) in [6.45, 7) is 0. The summed E-state index contributed by atoms with van der Waals surface area (Å²) in [5.41, 5.74) is 4.74. The summed E-state index contributed by atoms with van der Waals surface area (Å²) in [6, 6.07) is 3.68. The van der Waals surface area contributed by atoms with Crippen molar-refractivity contribution in [3.63, 3.8) is 0 Å². The molecule has 1 radical (unpaired) electrons. The van der Waals surface area contributed by atoms with Crippen molar-refractivity contribution in [2.24, 2.45) is 0 Å². The van der Waals surface area contributed by atoms with E-state index in [1.165, 1.54) is 11.3 Å². The number of thiazole rings is 1. The zero-order chi connectivity index (χ0) is 13.0. The molecule has 0 aliphatic rings. The average Bonchev–Trinajstić information content (AvgIpc) is 2.91. The molecular weight excluding hydrogens is 250 g/mol. The Balaban J connectivity index is 2.43. The van der Waals surface area contributed by atoms with Gasteiger partial charge in [0.15, 0.2) is 5.51 Å². The predicted octanol–water partition coefficient (Wildman–Crippen LogP) is 2.56. The largest absolute Gasteiger partial charge is 0.496 e. The van der Waals surface area contributed by atoms with Gasteiger partial charge >= 0.3 is 0 Å². The Morgan fingerprint density at radius 3 is 2.22 bits per heavy atom. The predicted molar refractivity (Wildman–Crippen MR) is 69.9 cm³/mol. The lowest BCUT2D eigenvalue weighted by atomic mass is 10.1. The van der Waals surface area contributed by atoms with Crippen molar-refractivity contribution >= 4 is 11.3 Å². The molecule has 1 aromatic carbocycles. The van der Waals surface area contributed by atoms with Crippen LogP contribution in [-0.2, 0) is 6.42 Å². The van der Waals surface area contributed by atoms with Crippen LogP contribution in [0.1, 0.15) is 11.3 Å². The van der Waals surface area contributed by atoms with Crippen LogP contribution in [0.5, 0.6) is 17.2 Å². The van der Waals surface area contributed by atoms with Gasteiger partial charge in [0.25, 0.3) is 0 Å². The molecule has 0 amide bonds. The summed E-state index contributed by atoms with van der Waals surface area (Å²) < 4.78 is 16.0. The molecule has 18 heavy (non-hydrogen) atoms. The Kier molecular flexibility index (Phi) is 4.04. The Hall–Kier alpha value is -1.75. The maximum absolute atomic E-state index is 5.38. The molecule has 2 aromatic rings. The fourth-order valence-electron chi connectivity index (χ4n) is 1.72. The van der Waals surface area contributed by atoms with E-state index in [4.69, 9.17) is 14.2 Å². The minimum atomic E-state index is 0.649. The van der Waals surface area contributed by atoms with Crippen LogP contribution in [0.25, 0.3) is 0 Å². The number of ether oxygens (including phenoxy) is 3. The molecule has 95 valence electrons. The van der Waals surface area contributed by atoms with Crippen LogP contribution in [0.2, 0.25) is 0 Å². The van der Waals surface area contributed by atoms with E-state index >= 15 is 0 Å². The molecule has 0 atom stereocenters. The molecule has 0 aliphatic heterocycles. The van der Waals surface area contributed by atoms with Gasteiger partial charge in [0.1, 0.15) is 17.2 Å². The van der Waals surface area contributed by atoms with Crippen LogP contribution >= 0.6 is 11.3 Å². The van der Waals surface area contributed by atoms with Crippen LogP contribution in [0, 0.1) is 5.51 Å². The van der Waals surface area contributed by atoms with Gasteiger partial charge in [-0.25, -0.2) is 4.98 Å². The topological polar surface area (TPSA) is 40.6 Å². The summed E-state index contributed by atoms with van der Waals surface area (Å²) in [5, 5.41) is 1.96. The van der Waals surface area contributed by atoms with E-state index in [0.717, 1.165) is 22.8 Å². The lowest BCUT2D eigenvalue weighted by molar-refractivity contribution is 0.369. The smallest absolute Gasteiger partial charge is 0.152 e. The molecule has 0 fully saturated rings. The minimum absolute atomic E-state index is 0.649. The van der Waals surface area contributed by atoms with E-state index in [0.29, 0.717) is 12.2 Å². The maximum Gasteiger partial charge on any atom is 0.152 e. The van der Waals surface area contributed by atoms with Gasteiger partial charge in [0.2, 0.25) is 0 Å². The molecule has 5 heteroatoms. The highest BCUT2D eigenvalue weighted by molar-refractivity contribution is 7.07. The highest BCUT2D eigenvalue weighted by atomic mass is 32.1. The van der Waals surface area contributed by atoms with Gasteiger partial charge in [-0.15, -0.1) is 11.3 Å². The molecule has 1 aromatic heterocycles. The van der Waals surface area contributed by atoms with E-state index in [1.54, 1.807) is 21.3 Å². The van der Waals surface area contributed by atoms with Gasteiger partial charge in [0, 0.05) is 29.5 Å². The highest BCUT2D eigenvalue weighted by Gasteiger charge is 2.14. The normalized spacial score (nSPS) is 10.2. The SMILES string of the molecule is COc1cc(OC)c(Cc2cs[c]n2)c(OC)c1. The molecule has 0 aliphatic carbocycles. The van der Waals surface area contributed by atoms with Gasteiger partial charge in [-0.1, -0.05) is 0 Å². The van der Waals surface area contributed by atoms with Crippen LogP contribution in [0.4, 0.5) is 0 Å². The summed E-state index contributed by atoms with van der Waals surface area (Å²) in [4.78, 5) is 4.16. The average molecular weight is 264 g/mol. The van der Waals surface area contributed by atoms with Crippen LogP contribution < -0.4 is 14.2 Å². The van der Waals surface area contributed by atoms with E-state index in [-0.39, 0.29) is 0 Å². The van der Waals surface area contributed by atoms with Gasteiger partial charge in [-0.2, -0.15) is 0 Å². The lowest BCUT2D eigenvalue weighted by Crippen LogP contribution is -1.99. The lowest BCUT2D eigenvalue weighted by Gasteiger charge is -2.14. The van der Waals surface area contributed by atoms with Crippen LogP contribution in [0.15, 0.2) is 17.5 Å². The van der Waals surface area contributed by atoms with Gasteiger partial charge in [-0.05, 0) is 0 Å². The molecule has 0 bridgehead atoms. The highest BCUT2D eigenvalue weighted by Crippen LogP contribution is 2.35. The van der Waals surface area contributed by atoms with Crippen molar-refractivity contribution in [2.45, 2.75) is 6.42 Å². The number of benzene rings is 1. The zero-order valence-electron chi connectivity index (χ0n) is 10.5. The Morgan fingerprint density at radius 2 is 1.78 bits per heavy atom. The molecule has 0 saturated heterocycles. The van der Waals surface area contributed by atoms with E-state index in [1.807, 2.05) is 17.5 Å². The van der Waals surface area contributed by atoms with Crippen LogP contribution in [0.3, 0.4) is 0 Å². The molecular formula is C13H14NO3S. The molecule has 0 N–H and O–H groups in total. The first-order chi connectivity index (χ1) is 8.78. The molecule has 4 nitrogen and oxygen atoms in total. The maximum atomic E-state index is 5.38. The number of aromatic nitrogens is 1. The Bertz CT molecular complexity index is 486. The second-order valence-corrected chi connectivity index (χ2v) is 4.27. The third-order valence-corrected chi connectivity index (χ3v) is 3.20. The Labute approximate surface area is 110 Å². The summed E-state index contributed by atoms with van der Waals surface area (Å²) >= 11 is 1.45. The van der Waals surface area contributed by atoms with Crippen molar-refractivity contribution in [1.82, 2.24) is 4.98 Å². The summed E-state index contributed by atoms with van der Waals surface area (Å²) in [5.74, 6) is 2.18. The Morgan fingerprint density at radius 1 is 1.11 bits per heavy atom. The molecule has 0 spiro atoms. The van der Waals surface area contributed by atoms with Crippen LogP contribution in [-0.4, -0.2) is 26.3 Å². The third-order valence-electron chi connectivity index (χ3n) is 2.61.